The molecule has 1 aliphatic heterocycles. The third-order valence-electron chi connectivity index (χ3n) is 3.55. The average molecular weight is 252 g/mol. The minimum absolute atomic E-state index is 0.0517. The van der Waals surface area contributed by atoms with Crippen molar-refractivity contribution in [2.75, 3.05) is 20.3 Å². The highest BCUT2D eigenvalue weighted by molar-refractivity contribution is 5.79. The van der Waals surface area contributed by atoms with Crippen molar-refractivity contribution in [1.29, 1.82) is 0 Å². The lowest BCUT2D eigenvalue weighted by atomic mass is 9.97. The second kappa shape index (κ2) is 5.49. The molecular formula is C12H20N4O2. The lowest BCUT2D eigenvalue weighted by Crippen LogP contribution is -2.31. The summed E-state index contributed by atoms with van der Waals surface area (Å²) in [7, 11) is 1.63. The van der Waals surface area contributed by atoms with Crippen LogP contribution < -0.4 is 11.1 Å². The quantitative estimate of drug-likeness (QED) is 0.803. The van der Waals surface area contributed by atoms with Crippen molar-refractivity contribution < 1.29 is 9.53 Å². The van der Waals surface area contributed by atoms with E-state index in [4.69, 9.17) is 10.5 Å². The number of hydrogen-bond donors (Lipinski definition) is 2. The number of carbonyl (C=O) groups excluding carboxylic acids is 1. The van der Waals surface area contributed by atoms with Crippen molar-refractivity contribution in [2.45, 2.75) is 25.4 Å². The largest absolute Gasteiger partial charge is 0.381 e. The highest BCUT2D eigenvalue weighted by Crippen LogP contribution is 2.27. The lowest BCUT2D eigenvalue weighted by molar-refractivity contribution is -0.123. The molecule has 3 N–H and O–H groups in total. The van der Waals surface area contributed by atoms with Gasteiger partial charge in [0, 0.05) is 25.8 Å². The molecule has 1 saturated heterocycles. The number of carbonyl (C=O) groups is 1. The summed E-state index contributed by atoms with van der Waals surface area (Å²) in [6.07, 6.45) is 4.36. The van der Waals surface area contributed by atoms with E-state index in [-0.39, 0.29) is 18.0 Å². The number of nitrogens with one attached hydrogen (secondary N) is 1. The molecule has 6 heteroatoms. The van der Waals surface area contributed by atoms with Crippen LogP contribution in [-0.4, -0.2) is 35.7 Å². The van der Waals surface area contributed by atoms with Crippen LogP contribution in [-0.2, 0) is 9.53 Å². The molecule has 3 unspecified atom stereocenters. The molecule has 0 spiro atoms. The maximum atomic E-state index is 11.7. The molecule has 0 aliphatic carbocycles. The maximum absolute atomic E-state index is 11.7. The molecule has 1 aromatic heterocycles. The third-order valence-corrected chi connectivity index (χ3v) is 3.55. The first-order chi connectivity index (χ1) is 8.65. The van der Waals surface area contributed by atoms with Gasteiger partial charge in [-0.2, -0.15) is 0 Å². The summed E-state index contributed by atoms with van der Waals surface area (Å²) in [5, 5.41) is 2.64. The van der Waals surface area contributed by atoms with Gasteiger partial charge in [-0.1, -0.05) is 0 Å². The summed E-state index contributed by atoms with van der Waals surface area (Å²) in [4.78, 5) is 15.8. The van der Waals surface area contributed by atoms with Crippen molar-refractivity contribution >= 4 is 5.91 Å². The number of ether oxygens (including phenoxy) is 1. The highest BCUT2D eigenvalue weighted by Gasteiger charge is 2.28. The van der Waals surface area contributed by atoms with Crippen molar-refractivity contribution in [3.8, 4) is 0 Å². The smallest absolute Gasteiger partial charge is 0.242 e. The number of likely N-dealkylation sites (N-methyl/N-ethyl adjacent to an activating group) is 1. The van der Waals surface area contributed by atoms with Crippen LogP contribution >= 0.6 is 0 Å². The van der Waals surface area contributed by atoms with Gasteiger partial charge in [0.25, 0.3) is 0 Å². The summed E-state index contributed by atoms with van der Waals surface area (Å²) < 4.78 is 7.19. The fraction of sp³-hybridized carbons (Fsp3) is 0.667. The van der Waals surface area contributed by atoms with Gasteiger partial charge in [-0.05, 0) is 13.3 Å². The summed E-state index contributed by atoms with van der Waals surface area (Å²) in [6, 6.07) is -0.442. The van der Waals surface area contributed by atoms with Crippen LogP contribution in [0.1, 0.15) is 31.1 Å². The zero-order valence-electron chi connectivity index (χ0n) is 10.8. The molecule has 1 aliphatic rings. The Morgan fingerprint density at radius 2 is 2.50 bits per heavy atom. The van der Waals surface area contributed by atoms with E-state index in [0.29, 0.717) is 12.5 Å². The van der Waals surface area contributed by atoms with Gasteiger partial charge in [0.1, 0.15) is 6.04 Å². The van der Waals surface area contributed by atoms with Crippen molar-refractivity contribution in [1.82, 2.24) is 14.9 Å². The SMILES string of the molecule is CNC(=O)C(C)n1cncc1C(N)C1CCOC1. The molecule has 1 aromatic rings. The topological polar surface area (TPSA) is 82.2 Å². The normalized spacial score (nSPS) is 22.7. The van der Waals surface area contributed by atoms with Crippen molar-refractivity contribution in [3.63, 3.8) is 0 Å². The van der Waals surface area contributed by atoms with Crippen LogP contribution in [0.4, 0.5) is 0 Å². The second-order valence-electron chi connectivity index (χ2n) is 4.67. The maximum Gasteiger partial charge on any atom is 0.242 e. The van der Waals surface area contributed by atoms with Gasteiger partial charge in [0.15, 0.2) is 0 Å². The highest BCUT2D eigenvalue weighted by atomic mass is 16.5. The first-order valence-electron chi connectivity index (χ1n) is 6.21. The van der Waals surface area contributed by atoms with Gasteiger partial charge in [-0.25, -0.2) is 4.98 Å². The fourth-order valence-electron chi connectivity index (χ4n) is 2.31. The van der Waals surface area contributed by atoms with E-state index in [1.807, 2.05) is 11.5 Å². The molecule has 0 aromatic carbocycles. The first kappa shape index (κ1) is 13.0. The Labute approximate surface area is 107 Å². The number of aromatic nitrogens is 2. The number of nitrogens with two attached hydrogens (primary N) is 1. The lowest BCUT2D eigenvalue weighted by Gasteiger charge is -2.22. The van der Waals surface area contributed by atoms with Gasteiger partial charge in [0.05, 0.1) is 24.7 Å². The van der Waals surface area contributed by atoms with Crippen LogP contribution in [0.15, 0.2) is 12.5 Å². The molecule has 18 heavy (non-hydrogen) atoms. The van der Waals surface area contributed by atoms with E-state index >= 15 is 0 Å². The molecule has 0 radical (unpaired) electrons. The second-order valence-corrected chi connectivity index (χ2v) is 4.67. The number of rotatable bonds is 4. The summed E-state index contributed by atoms with van der Waals surface area (Å²) in [6.45, 7) is 3.28. The van der Waals surface area contributed by atoms with E-state index in [1.165, 1.54) is 0 Å². The molecule has 100 valence electrons. The Hall–Kier alpha value is -1.40. The van der Waals surface area contributed by atoms with Gasteiger partial charge >= 0.3 is 0 Å². The summed E-state index contributed by atoms with van der Waals surface area (Å²) in [5.41, 5.74) is 7.14. The molecule has 6 nitrogen and oxygen atoms in total. The van der Waals surface area contributed by atoms with Crippen LogP contribution in [0.2, 0.25) is 0 Å². The van der Waals surface area contributed by atoms with Gasteiger partial charge in [-0.15, -0.1) is 0 Å². The number of amides is 1. The van der Waals surface area contributed by atoms with E-state index in [1.54, 1.807) is 19.6 Å². The molecule has 0 saturated carbocycles. The number of hydrogen-bond acceptors (Lipinski definition) is 4. The Morgan fingerprint density at radius 1 is 1.72 bits per heavy atom. The average Bonchev–Trinajstić information content (AvgIpc) is 3.06. The zero-order valence-corrected chi connectivity index (χ0v) is 10.8. The fourth-order valence-corrected chi connectivity index (χ4v) is 2.31. The summed E-state index contributed by atoms with van der Waals surface area (Å²) >= 11 is 0. The van der Waals surface area contributed by atoms with E-state index < -0.39 is 0 Å². The van der Waals surface area contributed by atoms with E-state index in [9.17, 15) is 4.79 Å². The van der Waals surface area contributed by atoms with Crippen LogP contribution in [0, 0.1) is 5.92 Å². The Balaban J connectivity index is 2.18. The molecule has 1 fully saturated rings. The minimum Gasteiger partial charge on any atom is -0.381 e. The van der Waals surface area contributed by atoms with Crippen molar-refractivity contribution in [2.24, 2.45) is 11.7 Å². The predicted molar refractivity (Wildman–Crippen MR) is 66.9 cm³/mol. The predicted octanol–water partition coefficient (Wildman–Crippen LogP) is 0.226. The Morgan fingerprint density at radius 3 is 3.11 bits per heavy atom. The van der Waals surface area contributed by atoms with Crippen LogP contribution in [0.25, 0.3) is 0 Å². The Kier molecular flexibility index (Phi) is 3.98. The number of imidazole rings is 1. The molecule has 2 rings (SSSR count). The van der Waals surface area contributed by atoms with Gasteiger partial charge < -0.3 is 20.4 Å². The van der Waals surface area contributed by atoms with Crippen LogP contribution in [0.5, 0.6) is 0 Å². The Bertz CT molecular complexity index is 412. The van der Waals surface area contributed by atoms with Gasteiger partial charge in [-0.3, -0.25) is 4.79 Å². The number of nitrogens with zero attached hydrogens (tertiary/aromatic N) is 2. The van der Waals surface area contributed by atoms with E-state index in [0.717, 1.165) is 18.7 Å². The van der Waals surface area contributed by atoms with E-state index in [2.05, 4.69) is 10.3 Å². The van der Waals surface area contributed by atoms with Crippen LogP contribution in [0.3, 0.4) is 0 Å². The molecule has 3 atom stereocenters. The zero-order chi connectivity index (χ0) is 13.1. The summed E-state index contributed by atoms with van der Waals surface area (Å²) in [5.74, 6) is 0.251. The molecule has 2 heterocycles. The monoisotopic (exact) mass is 252 g/mol. The third kappa shape index (κ3) is 2.39. The minimum atomic E-state index is -0.305. The first-order valence-corrected chi connectivity index (χ1v) is 6.21. The van der Waals surface area contributed by atoms with Crippen molar-refractivity contribution in [3.05, 3.63) is 18.2 Å². The molecule has 1 amide bonds. The molecule has 0 bridgehead atoms. The standard InChI is InChI=1S/C12H20N4O2/c1-8(12(17)14-2)16-7-15-5-10(16)11(13)9-3-4-18-6-9/h5,7-9,11H,3-4,6,13H2,1-2H3,(H,14,17). The van der Waals surface area contributed by atoms with Gasteiger partial charge in [0.2, 0.25) is 5.91 Å². The molecular weight excluding hydrogens is 232 g/mol.